The largest absolute Gasteiger partial charge is 0.482 e. The van der Waals surface area contributed by atoms with E-state index < -0.39 is 28.9 Å². The van der Waals surface area contributed by atoms with Crippen molar-refractivity contribution in [1.29, 1.82) is 0 Å². The van der Waals surface area contributed by atoms with E-state index in [0.29, 0.717) is 22.1 Å². The van der Waals surface area contributed by atoms with Gasteiger partial charge in [-0.25, -0.2) is 15.2 Å². The van der Waals surface area contributed by atoms with Gasteiger partial charge in [0.15, 0.2) is 12.8 Å². The highest BCUT2D eigenvalue weighted by atomic mass is 32.2. The van der Waals surface area contributed by atoms with Gasteiger partial charge in [0, 0.05) is 10.6 Å². The Bertz CT molecular complexity index is 1240. The molecule has 0 amide bonds. The number of hydrogen-bond acceptors (Lipinski definition) is 10. The van der Waals surface area contributed by atoms with E-state index in [1.54, 1.807) is 24.3 Å². The number of aryl methyl sites for hydroxylation is 2. The topological polar surface area (TPSA) is 163 Å². The summed E-state index contributed by atoms with van der Waals surface area (Å²) in [5.74, 6) is -0.755. The Morgan fingerprint density at radius 3 is 2.55 bits per heavy atom. The molecular weight excluding hydrogens is 470 g/mol. The molecule has 0 saturated heterocycles. The maximum atomic E-state index is 11.2. The molecular formula is C20H21N5O6S2. The zero-order valence-electron chi connectivity index (χ0n) is 17.6. The van der Waals surface area contributed by atoms with Gasteiger partial charge in [0.25, 0.3) is 10.1 Å². The lowest BCUT2D eigenvalue weighted by Gasteiger charge is -2.16. The highest BCUT2D eigenvalue weighted by Gasteiger charge is 2.14. The van der Waals surface area contributed by atoms with Crippen molar-refractivity contribution < 1.29 is 27.6 Å². The number of carboxylic acid groups (broad SMARTS) is 1. The smallest absolute Gasteiger partial charge is 0.341 e. The number of aliphatic carboxylic acids is 1. The van der Waals surface area contributed by atoms with Crippen LogP contribution in [0.15, 0.2) is 63.7 Å². The van der Waals surface area contributed by atoms with E-state index in [0.717, 1.165) is 10.6 Å². The van der Waals surface area contributed by atoms with Gasteiger partial charge in [-0.1, -0.05) is 23.5 Å². The van der Waals surface area contributed by atoms with Crippen molar-refractivity contribution >= 4 is 38.2 Å². The zero-order valence-corrected chi connectivity index (χ0v) is 19.2. The summed E-state index contributed by atoms with van der Waals surface area (Å²) in [4.78, 5) is 15.9. The Labute approximate surface area is 193 Å². The highest BCUT2D eigenvalue weighted by molar-refractivity contribution is 7.85. The number of azo groups is 1. The summed E-state index contributed by atoms with van der Waals surface area (Å²) < 4.78 is 36.8. The van der Waals surface area contributed by atoms with Gasteiger partial charge in [-0.05, 0) is 55.8 Å². The Morgan fingerprint density at radius 1 is 1.21 bits per heavy atom. The number of ether oxygens (including phenoxy) is 1. The maximum absolute atomic E-state index is 11.2. The number of hydrazine groups is 1. The predicted octanol–water partition coefficient (Wildman–Crippen LogP) is 3.87. The number of aromatic nitrogens is 1. The van der Waals surface area contributed by atoms with Crippen molar-refractivity contribution in [3.8, 4) is 5.75 Å². The summed E-state index contributed by atoms with van der Waals surface area (Å²) in [5.41, 5.74) is 7.87. The molecule has 4 N–H and O–H groups in total. The van der Waals surface area contributed by atoms with Crippen molar-refractivity contribution in [2.75, 3.05) is 12.0 Å². The molecule has 0 bridgehead atoms. The van der Waals surface area contributed by atoms with Gasteiger partial charge in [-0.3, -0.25) is 4.55 Å². The van der Waals surface area contributed by atoms with Crippen molar-refractivity contribution in [3.63, 3.8) is 0 Å². The first-order chi connectivity index (χ1) is 15.6. The molecule has 33 heavy (non-hydrogen) atoms. The molecule has 2 aromatic carbocycles. The first kappa shape index (κ1) is 24.3. The molecule has 174 valence electrons. The van der Waals surface area contributed by atoms with Crippen LogP contribution in [0.25, 0.3) is 0 Å². The van der Waals surface area contributed by atoms with Crippen LogP contribution in [0.1, 0.15) is 22.3 Å². The molecule has 0 spiro atoms. The van der Waals surface area contributed by atoms with Crippen LogP contribution in [-0.2, 0) is 14.9 Å². The average molecular weight is 492 g/mol. The van der Waals surface area contributed by atoms with Crippen molar-refractivity contribution in [3.05, 3.63) is 64.7 Å². The Balaban J connectivity index is 1.82. The van der Waals surface area contributed by atoms with Gasteiger partial charge in [-0.2, -0.15) is 13.5 Å². The number of carbonyl (C=O) groups is 1. The number of rotatable bonds is 10. The van der Waals surface area contributed by atoms with E-state index in [1.807, 2.05) is 13.8 Å². The molecule has 3 aromatic rings. The van der Waals surface area contributed by atoms with Gasteiger partial charge in [0.2, 0.25) is 5.13 Å². The second-order valence-electron chi connectivity index (χ2n) is 6.78. The number of nitrogens with zero attached hydrogens (tertiary/aromatic N) is 3. The van der Waals surface area contributed by atoms with E-state index >= 15 is 0 Å². The zero-order chi connectivity index (χ0) is 24.0. The lowest BCUT2D eigenvalue weighted by atomic mass is 10.2. The summed E-state index contributed by atoms with van der Waals surface area (Å²) in [6.07, 6.45) is -0.732. The second-order valence-corrected chi connectivity index (χ2v) is 9.38. The number of carboxylic acids is 1. The summed E-state index contributed by atoms with van der Waals surface area (Å²) in [5, 5.41) is 17.8. The van der Waals surface area contributed by atoms with Gasteiger partial charge < -0.3 is 15.3 Å². The molecule has 1 aromatic heterocycles. The molecule has 1 heterocycles. The molecule has 13 heteroatoms. The van der Waals surface area contributed by atoms with E-state index in [1.165, 1.54) is 35.6 Å². The Morgan fingerprint density at radius 2 is 1.94 bits per heavy atom. The van der Waals surface area contributed by atoms with E-state index in [-0.39, 0.29) is 4.90 Å². The van der Waals surface area contributed by atoms with Crippen LogP contribution in [0.3, 0.4) is 0 Å². The van der Waals surface area contributed by atoms with E-state index in [4.69, 9.17) is 14.4 Å². The fourth-order valence-corrected chi connectivity index (χ4v) is 3.78. The van der Waals surface area contributed by atoms with Crippen LogP contribution in [0, 0.1) is 13.8 Å². The van der Waals surface area contributed by atoms with Gasteiger partial charge in [0.05, 0.1) is 10.6 Å². The Kier molecular flexibility index (Phi) is 7.71. The van der Waals surface area contributed by atoms with E-state index in [2.05, 4.69) is 26.1 Å². The van der Waals surface area contributed by atoms with E-state index in [9.17, 15) is 13.2 Å². The first-order valence-corrected chi connectivity index (χ1v) is 11.8. The summed E-state index contributed by atoms with van der Waals surface area (Å²) in [7, 11) is -4.29. The van der Waals surface area contributed by atoms with Crippen LogP contribution in [0.5, 0.6) is 5.75 Å². The summed E-state index contributed by atoms with van der Waals surface area (Å²) >= 11 is 1.39. The number of thiazole rings is 1. The SMILES string of the molecule is Cc1nc(/N=N/C(NNc2ccc(S(=O)(=O)O)cc2)c2cccc(OCC(=O)O)c2)sc1C. The quantitative estimate of drug-likeness (QED) is 0.187. The minimum atomic E-state index is -4.29. The molecule has 11 nitrogen and oxygen atoms in total. The van der Waals surface area contributed by atoms with Crippen LogP contribution < -0.4 is 15.6 Å². The second kappa shape index (κ2) is 10.5. The molecule has 0 aliphatic heterocycles. The van der Waals surface area contributed by atoms with Crippen LogP contribution in [0.2, 0.25) is 0 Å². The maximum Gasteiger partial charge on any atom is 0.341 e. The number of nitrogens with one attached hydrogen (secondary N) is 2. The fraction of sp³-hybridized carbons (Fsp3) is 0.200. The predicted molar refractivity (Wildman–Crippen MR) is 121 cm³/mol. The number of benzene rings is 2. The van der Waals surface area contributed by atoms with Gasteiger partial charge >= 0.3 is 5.97 Å². The van der Waals surface area contributed by atoms with Crippen molar-refractivity contribution in [1.82, 2.24) is 10.4 Å². The third kappa shape index (κ3) is 7.05. The molecule has 0 aliphatic rings. The number of anilines is 1. The van der Waals surface area contributed by atoms with Crippen LogP contribution in [-0.4, -0.2) is 35.6 Å². The van der Waals surface area contributed by atoms with Crippen LogP contribution in [0.4, 0.5) is 10.8 Å². The molecule has 0 radical (unpaired) electrons. The third-order valence-electron chi connectivity index (χ3n) is 4.32. The third-order valence-corrected chi connectivity index (χ3v) is 6.14. The number of hydrogen-bond donors (Lipinski definition) is 4. The molecule has 3 rings (SSSR count). The lowest BCUT2D eigenvalue weighted by Crippen LogP contribution is -2.26. The minimum Gasteiger partial charge on any atom is -0.482 e. The summed E-state index contributed by atoms with van der Waals surface area (Å²) in [6.45, 7) is 3.32. The molecule has 1 unspecified atom stereocenters. The van der Waals surface area contributed by atoms with Crippen molar-refractivity contribution in [2.24, 2.45) is 10.2 Å². The van der Waals surface area contributed by atoms with Crippen molar-refractivity contribution in [2.45, 2.75) is 24.9 Å². The lowest BCUT2D eigenvalue weighted by molar-refractivity contribution is -0.139. The average Bonchev–Trinajstić information content (AvgIpc) is 3.09. The van der Waals surface area contributed by atoms with Gasteiger partial charge in [0.1, 0.15) is 5.75 Å². The normalized spacial score (nSPS) is 12.6. The van der Waals surface area contributed by atoms with Gasteiger partial charge in [-0.15, -0.1) is 5.11 Å². The molecule has 0 aliphatic carbocycles. The summed E-state index contributed by atoms with van der Waals surface area (Å²) in [6, 6.07) is 12.1. The highest BCUT2D eigenvalue weighted by Crippen LogP contribution is 2.27. The molecule has 0 fully saturated rings. The standard InChI is InChI=1S/C20H21N5O6S2/c1-12-13(2)32-20(21-12)25-24-19(14-4-3-5-16(10-14)31-11-18(26)27)23-22-15-6-8-17(9-7-15)33(28,29)30/h3-10,19,22-23H,11H2,1-2H3,(H,26,27)(H,28,29,30)/b25-24+. The molecule has 0 saturated carbocycles. The minimum absolute atomic E-state index is 0.234. The fourth-order valence-electron chi connectivity index (χ4n) is 2.57. The monoisotopic (exact) mass is 491 g/mol. The molecule has 1 atom stereocenters. The first-order valence-electron chi connectivity index (χ1n) is 9.50. The van der Waals surface area contributed by atoms with Crippen LogP contribution >= 0.6 is 11.3 Å². The Hall–Kier alpha value is -3.39.